The molecule has 4 aromatic heterocycles. The molecule has 0 radical (unpaired) electrons. The second-order valence-electron chi connectivity index (χ2n) is 7.70. The standard InChI is InChI=1S/C23H20N6O2/c1-14(2)13-29-20(27-22(30)16-7-4-8-25-12-16)17(11-24)10-18-21(29)26-19-15(3)6-5-9-28(19)23(18)31/h4-10,12,14H,13H2,1-3H3. The number of aromatic nitrogens is 4. The fourth-order valence-corrected chi connectivity index (χ4v) is 3.48. The smallest absolute Gasteiger partial charge is 0.280 e. The summed E-state index contributed by atoms with van der Waals surface area (Å²) < 4.78 is 3.16. The highest BCUT2D eigenvalue weighted by atomic mass is 16.1. The molecule has 0 aliphatic heterocycles. The predicted octanol–water partition coefficient (Wildman–Crippen LogP) is 2.62. The number of aryl methyl sites for hydroxylation is 1. The van der Waals surface area contributed by atoms with Gasteiger partial charge in [-0.25, -0.2) is 4.98 Å². The maximum absolute atomic E-state index is 13.2. The normalized spacial score (nSPS) is 11.9. The molecule has 0 unspecified atom stereocenters. The number of nitriles is 1. The number of nitrogens with zero attached hydrogens (tertiary/aromatic N) is 6. The second kappa shape index (κ2) is 7.95. The minimum Gasteiger partial charge on any atom is -0.309 e. The van der Waals surface area contributed by atoms with E-state index in [9.17, 15) is 14.9 Å². The molecule has 0 spiro atoms. The van der Waals surface area contributed by atoms with Crippen molar-refractivity contribution in [3.63, 3.8) is 0 Å². The first kappa shape index (κ1) is 20.2. The van der Waals surface area contributed by atoms with Crippen molar-refractivity contribution >= 4 is 22.6 Å². The summed E-state index contributed by atoms with van der Waals surface area (Å²) in [6.07, 6.45) is 4.64. The molecule has 0 saturated heterocycles. The van der Waals surface area contributed by atoms with Crippen molar-refractivity contribution in [2.45, 2.75) is 27.3 Å². The van der Waals surface area contributed by atoms with Crippen LogP contribution in [0.15, 0.2) is 58.7 Å². The van der Waals surface area contributed by atoms with Crippen LogP contribution in [0.2, 0.25) is 0 Å². The van der Waals surface area contributed by atoms with Crippen LogP contribution in [0.3, 0.4) is 0 Å². The monoisotopic (exact) mass is 412 g/mol. The Balaban J connectivity index is 2.15. The summed E-state index contributed by atoms with van der Waals surface area (Å²) in [5, 5.41) is 10.1. The van der Waals surface area contributed by atoms with Gasteiger partial charge in [-0.3, -0.25) is 19.0 Å². The van der Waals surface area contributed by atoms with E-state index in [0.717, 1.165) is 5.56 Å². The minimum absolute atomic E-state index is 0.136. The Labute approximate surface area is 177 Å². The fraction of sp³-hybridized carbons (Fsp3) is 0.217. The average Bonchev–Trinajstić information content (AvgIpc) is 2.76. The van der Waals surface area contributed by atoms with Gasteiger partial charge in [0.2, 0.25) is 0 Å². The molecule has 0 aliphatic rings. The summed E-state index contributed by atoms with van der Waals surface area (Å²) in [5.74, 6) is -0.364. The molecule has 4 heterocycles. The Morgan fingerprint density at radius 3 is 2.74 bits per heavy atom. The quantitative estimate of drug-likeness (QED) is 0.481. The van der Waals surface area contributed by atoms with Crippen molar-refractivity contribution in [2.75, 3.05) is 0 Å². The van der Waals surface area contributed by atoms with Gasteiger partial charge < -0.3 is 4.57 Å². The number of pyridine rings is 3. The summed E-state index contributed by atoms with van der Waals surface area (Å²) >= 11 is 0. The van der Waals surface area contributed by atoms with E-state index in [1.54, 1.807) is 35.2 Å². The maximum atomic E-state index is 13.2. The SMILES string of the molecule is Cc1cccn2c(=O)c3cc(C#N)c(=NC(=O)c4cccnc4)n(CC(C)C)c3nc12. The fourth-order valence-electron chi connectivity index (χ4n) is 3.48. The molecule has 0 atom stereocenters. The van der Waals surface area contributed by atoms with Gasteiger partial charge in [0.25, 0.3) is 11.5 Å². The molecule has 0 aliphatic carbocycles. The first-order valence-electron chi connectivity index (χ1n) is 9.85. The second-order valence-corrected chi connectivity index (χ2v) is 7.70. The van der Waals surface area contributed by atoms with Gasteiger partial charge >= 0.3 is 0 Å². The molecule has 0 N–H and O–H groups in total. The highest BCUT2D eigenvalue weighted by Gasteiger charge is 2.16. The lowest BCUT2D eigenvalue weighted by Gasteiger charge is -2.15. The lowest BCUT2D eigenvalue weighted by Crippen LogP contribution is -2.31. The Morgan fingerprint density at radius 2 is 2.06 bits per heavy atom. The molecule has 0 bridgehead atoms. The first-order chi connectivity index (χ1) is 14.9. The zero-order valence-corrected chi connectivity index (χ0v) is 17.4. The van der Waals surface area contributed by atoms with Gasteiger partial charge in [-0.15, -0.1) is 0 Å². The van der Waals surface area contributed by atoms with Gasteiger partial charge in [-0.2, -0.15) is 10.3 Å². The first-order valence-corrected chi connectivity index (χ1v) is 9.85. The van der Waals surface area contributed by atoms with E-state index in [2.05, 4.69) is 16.0 Å². The molecular formula is C23H20N6O2. The molecule has 0 fully saturated rings. The Hall–Kier alpha value is -4.12. The lowest BCUT2D eigenvalue weighted by atomic mass is 10.1. The van der Waals surface area contributed by atoms with E-state index in [1.807, 2.05) is 26.8 Å². The van der Waals surface area contributed by atoms with Crippen molar-refractivity contribution in [3.05, 3.63) is 81.5 Å². The van der Waals surface area contributed by atoms with Gasteiger partial charge in [-0.05, 0) is 42.7 Å². The number of hydrogen-bond acceptors (Lipinski definition) is 5. The summed E-state index contributed by atoms with van der Waals surface area (Å²) in [7, 11) is 0. The van der Waals surface area contributed by atoms with E-state index in [0.29, 0.717) is 28.8 Å². The number of carbonyl (C=O) groups is 1. The van der Waals surface area contributed by atoms with Crippen LogP contribution < -0.4 is 11.0 Å². The van der Waals surface area contributed by atoms with E-state index in [1.165, 1.54) is 16.7 Å². The third-order valence-corrected chi connectivity index (χ3v) is 4.89. The van der Waals surface area contributed by atoms with Gasteiger partial charge in [-0.1, -0.05) is 19.9 Å². The number of carbonyl (C=O) groups excluding carboxylic acids is 1. The molecule has 31 heavy (non-hydrogen) atoms. The maximum Gasteiger partial charge on any atom is 0.280 e. The number of fused-ring (bicyclic) bond motifs is 2. The van der Waals surface area contributed by atoms with Crippen molar-refractivity contribution in [1.82, 2.24) is 18.9 Å². The van der Waals surface area contributed by atoms with Crippen LogP contribution in [0.4, 0.5) is 0 Å². The van der Waals surface area contributed by atoms with Crippen molar-refractivity contribution in [1.29, 1.82) is 5.26 Å². The molecule has 0 aromatic carbocycles. The molecule has 154 valence electrons. The highest BCUT2D eigenvalue weighted by molar-refractivity contribution is 5.94. The van der Waals surface area contributed by atoms with Crippen molar-refractivity contribution in [3.8, 4) is 6.07 Å². The summed E-state index contributed by atoms with van der Waals surface area (Å²) in [4.78, 5) is 38.9. The molecule has 1 amide bonds. The van der Waals surface area contributed by atoms with E-state index in [4.69, 9.17) is 4.98 Å². The van der Waals surface area contributed by atoms with E-state index < -0.39 is 5.91 Å². The van der Waals surface area contributed by atoms with Crippen LogP contribution >= 0.6 is 0 Å². The van der Waals surface area contributed by atoms with Gasteiger partial charge in [0.1, 0.15) is 17.4 Å². The van der Waals surface area contributed by atoms with Crippen LogP contribution in [0.1, 0.15) is 35.3 Å². The van der Waals surface area contributed by atoms with Crippen LogP contribution in [0.5, 0.6) is 0 Å². The topological polar surface area (TPSA) is 105 Å². The van der Waals surface area contributed by atoms with Crippen LogP contribution in [-0.4, -0.2) is 24.8 Å². The van der Waals surface area contributed by atoms with Crippen LogP contribution in [0.25, 0.3) is 16.7 Å². The predicted molar refractivity (Wildman–Crippen MR) is 115 cm³/mol. The molecule has 4 rings (SSSR count). The summed E-state index contributed by atoms with van der Waals surface area (Å²) in [6.45, 7) is 6.31. The summed E-state index contributed by atoms with van der Waals surface area (Å²) in [6, 6.07) is 10.5. The third kappa shape index (κ3) is 3.62. The molecule has 0 saturated carbocycles. The minimum atomic E-state index is -0.518. The van der Waals surface area contributed by atoms with E-state index >= 15 is 0 Å². The molecule has 4 aromatic rings. The van der Waals surface area contributed by atoms with Crippen molar-refractivity contribution < 1.29 is 4.79 Å². The molecule has 8 heteroatoms. The van der Waals surface area contributed by atoms with E-state index in [-0.39, 0.29) is 22.5 Å². The van der Waals surface area contributed by atoms with Gasteiger partial charge in [0, 0.05) is 25.1 Å². The zero-order chi connectivity index (χ0) is 22.1. The van der Waals surface area contributed by atoms with Crippen LogP contribution in [-0.2, 0) is 6.54 Å². The van der Waals surface area contributed by atoms with Gasteiger partial charge in [0.05, 0.1) is 16.5 Å². The Morgan fingerprint density at radius 1 is 1.26 bits per heavy atom. The summed E-state index contributed by atoms with van der Waals surface area (Å²) in [5.41, 5.74) is 2.11. The van der Waals surface area contributed by atoms with Crippen molar-refractivity contribution in [2.24, 2.45) is 10.9 Å². The largest absolute Gasteiger partial charge is 0.309 e. The molecular weight excluding hydrogens is 392 g/mol. The van der Waals surface area contributed by atoms with Gasteiger partial charge in [0.15, 0.2) is 5.49 Å². The Kier molecular flexibility index (Phi) is 5.17. The average molecular weight is 412 g/mol. The number of amides is 1. The Bertz CT molecular complexity index is 1490. The number of rotatable bonds is 3. The highest BCUT2D eigenvalue weighted by Crippen LogP contribution is 2.14. The third-order valence-electron chi connectivity index (χ3n) is 4.89. The lowest BCUT2D eigenvalue weighted by molar-refractivity contribution is 0.0996. The zero-order valence-electron chi connectivity index (χ0n) is 17.4. The number of hydrogen-bond donors (Lipinski definition) is 0. The van der Waals surface area contributed by atoms with Crippen LogP contribution in [0, 0.1) is 24.2 Å². The molecule has 8 nitrogen and oxygen atoms in total.